The minimum absolute atomic E-state index is 0.163. The summed E-state index contributed by atoms with van der Waals surface area (Å²) in [5, 5.41) is 2.81. The third-order valence-corrected chi connectivity index (χ3v) is 8.61. The van der Waals surface area contributed by atoms with Gasteiger partial charge in [-0.05, 0) is 58.2 Å². The lowest BCUT2D eigenvalue weighted by molar-refractivity contribution is -0.116. The molecule has 8 nitrogen and oxygen atoms in total. The molecule has 28 heavy (non-hydrogen) atoms. The summed E-state index contributed by atoms with van der Waals surface area (Å²) >= 11 is 0. The van der Waals surface area contributed by atoms with Crippen LogP contribution in [-0.2, 0) is 14.8 Å². The normalized spacial score (nSPS) is 18.1. The van der Waals surface area contributed by atoms with Gasteiger partial charge in [0.25, 0.3) is 0 Å². The van der Waals surface area contributed by atoms with Crippen molar-refractivity contribution < 1.29 is 22.3 Å². The third kappa shape index (κ3) is 6.08. The first-order valence-electron chi connectivity index (χ1n) is 9.35. The van der Waals surface area contributed by atoms with Crippen LogP contribution in [0.2, 0.25) is 0 Å². The van der Waals surface area contributed by atoms with Crippen molar-refractivity contribution >= 4 is 38.1 Å². The van der Waals surface area contributed by atoms with Crippen LogP contribution < -0.4 is 14.3 Å². The van der Waals surface area contributed by atoms with Crippen LogP contribution in [0.4, 0.5) is 11.4 Å². The fourth-order valence-electron chi connectivity index (χ4n) is 2.75. The topological polar surface area (TPSA) is 119 Å². The van der Waals surface area contributed by atoms with Gasteiger partial charge in [0.1, 0.15) is 0 Å². The maximum atomic E-state index is 12.1. The molecule has 0 atom stereocenters. The van der Waals surface area contributed by atoms with E-state index in [0.717, 1.165) is 6.42 Å². The van der Waals surface area contributed by atoms with Crippen LogP contribution in [0.25, 0.3) is 0 Å². The molecular formula is C18H31N3O5S2. The van der Waals surface area contributed by atoms with Gasteiger partial charge in [-0.2, -0.15) is 0 Å². The molecule has 0 radical (unpaired) electrons. The maximum absolute atomic E-state index is 12.1. The van der Waals surface area contributed by atoms with Crippen molar-refractivity contribution in [1.82, 2.24) is 4.72 Å². The first kappa shape index (κ1) is 23.0. The SMILES string of the molecule is CC(C)(C)S(=O)(=O)NCCCCC(=O)Nc1cccc(N2CCCS2(O)O)c1. The molecule has 1 aliphatic rings. The van der Waals surface area contributed by atoms with Gasteiger partial charge in [0.05, 0.1) is 16.2 Å². The van der Waals surface area contributed by atoms with Crippen LogP contribution in [0, 0.1) is 0 Å². The molecule has 1 heterocycles. The highest BCUT2D eigenvalue weighted by Crippen LogP contribution is 2.51. The van der Waals surface area contributed by atoms with E-state index in [1.165, 1.54) is 0 Å². The lowest BCUT2D eigenvalue weighted by atomic mass is 10.2. The van der Waals surface area contributed by atoms with Gasteiger partial charge < -0.3 is 5.32 Å². The van der Waals surface area contributed by atoms with Crippen LogP contribution in [-0.4, -0.2) is 47.0 Å². The van der Waals surface area contributed by atoms with Crippen molar-refractivity contribution in [1.29, 1.82) is 0 Å². The molecule has 1 saturated heterocycles. The molecular weight excluding hydrogens is 402 g/mol. The first-order valence-corrected chi connectivity index (χ1v) is 12.5. The van der Waals surface area contributed by atoms with Crippen molar-refractivity contribution in [2.24, 2.45) is 0 Å². The van der Waals surface area contributed by atoms with Gasteiger partial charge >= 0.3 is 0 Å². The second-order valence-electron chi connectivity index (χ2n) is 7.86. The summed E-state index contributed by atoms with van der Waals surface area (Å²) < 4.78 is 47.4. The summed E-state index contributed by atoms with van der Waals surface area (Å²) in [7, 11) is -6.13. The average Bonchev–Trinajstić information content (AvgIpc) is 2.93. The molecule has 0 unspecified atom stereocenters. The minimum atomic E-state index is -3.36. The van der Waals surface area contributed by atoms with E-state index in [2.05, 4.69) is 10.0 Å². The third-order valence-electron chi connectivity index (χ3n) is 4.48. The second-order valence-corrected chi connectivity index (χ2v) is 12.5. The van der Waals surface area contributed by atoms with Gasteiger partial charge in [0.2, 0.25) is 15.9 Å². The molecule has 1 amide bonds. The molecule has 1 aromatic rings. The Balaban J connectivity index is 1.79. The van der Waals surface area contributed by atoms with Gasteiger partial charge in [-0.25, -0.2) is 13.1 Å². The van der Waals surface area contributed by atoms with Crippen molar-refractivity contribution in [2.75, 3.05) is 28.5 Å². The lowest BCUT2D eigenvalue weighted by Gasteiger charge is -2.38. The number of amides is 1. The first-order chi connectivity index (χ1) is 12.9. The molecule has 1 aliphatic heterocycles. The summed E-state index contributed by atoms with van der Waals surface area (Å²) in [6.07, 6.45) is 2.13. The summed E-state index contributed by atoms with van der Waals surface area (Å²) in [4.78, 5) is 12.1. The molecule has 0 aromatic heterocycles. The van der Waals surface area contributed by atoms with Crippen molar-refractivity contribution in [2.45, 2.75) is 51.2 Å². The minimum Gasteiger partial charge on any atom is -0.326 e. The molecule has 0 bridgehead atoms. The molecule has 1 fully saturated rings. The van der Waals surface area contributed by atoms with Crippen LogP contribution in [0.1, 0.15) is 46.5 Å². The van der Waals surface area contributed by atoms with Crippen LogP contribution in [0.3, 0.4) is 0 Å². The average molecular weight is 434 g/mol. The zero-order valence-electron chi connectivity index (χ0n) is 16.6. The molecule has 0 spiro atoms. The Morgan fingerprint density at radius 3 is 2.57 bits per heavy atom. The summed E-state index contributed by atoms with van der Waals surface area (Å²) in [5.74, 6) is 0.201. The van der Waals surface area contributed by atoms with E-state index in [9.17, 15) is 22.3 Å². The molecule has 0 saturated carbocycles. The Labute approximate surface area is 169 Å². The Morgan fingerprint density at radius 2 is 1.96 bits per heavy atom. The summed E-state index contributed by atoms with van der Waals surface area (Å²) in [6, 6.07) is 7.03. The fourth-order valence-corrected chi connectivity index (χ4v) is 5.21. The summed E-state index contributed by atoms with van der Waals surface area (Å²) in [5.41, 5.74) is 1.27. The van der Waals surface area contributed by atoms with E-state index < -0.39 is 25.5 Å². The highest BCUT2D eigenvalue weighted by Gasteiger charge is 2.29. The predicted octanol–water partition coefficient (Wildman–Crippen LogP) is 3.39. The molecule has 2 rings (SSSR count). The van der Waals surface area contributed by atoms with E-state index in [0.29, 0.717) is 43.1 Å². The molecule has 1 aromatic carbocycles. The number of rotatable bonds is 8. The number of unbranched alkanes of at least 4 members (excludes halogenated alkanes) is 1. The van der Waals surface area contributed by atoms with Gasteiger partial charge in [-0.3, -0.25) is 18.2 Å². The quantitative estimate of drug-likeness (QED) is 0.467. The highest BCUT2D eigenvalue weighted by molar-refractivity contribution is 8.25. The van der Waals surface area contributed by atoms with Crippen LogP contribution in [0.15, 0.2) is 24.3 Å². The fraction of sp³-hybridized carbons (Fsp3) is 0.611. The Morgan fingerprint density at radius 1 is 1.25 bits per heavy atom. The van der Waals surface area contributed by atoms with E-state index >= 15 is 0 Å². The van der Waals surface area contributed by atoms with Gasteiger partial charge in [0.15, 0.2) is 0 Å². The number of hydrogen-bond acceptors (Lipinski definition) is 6. The molecule has 160 valence electrons. The van der Waals surface area contributed by atoms with E-state index in [1.54, 1.807) is 49.3 Å². The number of carbonyl (C=O) groups is 1. The predicted molar refractivity (Wildman–Crippen MR) is 115 cm³/mol. The zero-order valence-corrected chi connectivity index (χ0v) is 18.3. The van der Waals surface area contributed by atoms with Crippen LogP contribution in [0.5, 0.6) is 0 Å². The van der Waals surface area contributed by atoms with E-state index in [-0.39, 0.29) is 12.3 Å². The largest absolute Gasteiger partial charge is 0.326 e. The van der Waals surface area contributed by atoms with E-state index in [4.69, 9.17) is 0 Å². The number of benzene rings is 1. The second kappa shape index (κ2) is 9.00. The lowest BCUT2D eigenvalue weighted by Crippen LogP contribution is -2.39. The monoisotopic (exact) mass is 433 g/mol. The summed E-state index contributed by atoms with van der Waals surface area (Å²) in [6.45, 7) is 5.79. The smallest absolute Gasteiger partial charge is 0.224 e. The standard InChI is InChI=1S/C18H31N3O5S2/c1-18(2,3)28(25,26)19-11-5-4-10-17(22)20-15-8-6-9-16(14-15)21-12-7-13-27(21,23)24/h6,8-9,14,19,23-24H,4-5,7,10-13H2,1-3H3,(H,20,22). The highest BCUT2D eigenvalue weighted by atomic mass is 32.3. The Kier molecular flexibility index (Phi) is 7.38. The maximum Gasteiger partial charge on any atom is 0.224 e. The number of anilines is 2. The Bertz CT molecular complexity index is 791. The molecule has 0 aliphatic carbocycles. The van der Waals surface area contributed by atoms with Crippen LogP contribution >= 0.6 is 10.8 Å². The zero-order chi connectivity index (χ0) is 21.0. The van der Waals surface area contributed by atoms with Crippen molar-refractivity contribution in [3.63, 3.8) is 0 Å². The number of hydrogen-bond donors (Lipinski definition) is 4. The number of sulfonamides is 1. The van der Waals surface area contributed by atoms with Crippen molar-refractivity contribution in [3.05, 3.63) is 24.3 Å². The van der Waals surface area contributed by atoms with Gasteiger partial charge in [-0.15, -0.1) is 10.8 Å². The Hall–Kier alpha value is -1.33. The van der Waals surface area contributed by atoms with Gasteiger partial charge in [0, 0.05) is 25.2 Å². The number of nitrogens with zero attached hydrogens (tertiary/aromatic N) is 1. The number of carbonyl (C=O) groups excluding carboxylic acids is 1. The van der Waals surface area contributed by atoms with Gasteiger partial charge in [-0.1, -0.05) is 6.07 Å². The number of nitrogens with one attached hydrogen (secondary N) is 2. The molecule has 10 heteroatoms. The molecule has 4 N–H and O–H groups in total. The van der Waals surface area contributed by atoms with E-state index in [1.807, 2.05) is 0 Å². The van der Waals surface area contributed by atoms with Crippen molar-refractivity contribution in [3.8, 4) is 0 Å².